The van der Waals surface area contributed by atoms with Crippen LogP contribution in [0.15, 0.2) is 42.5 Å². The molecule has 0 aliphatic carbocycles. The molecule has 0 saturated heterocycles. The first-order valence-electron chi connectivity index (χ1n) is 10.6. The van der Waals surface area contributed by atoms with Crippen molar-refractivity contribution < 1.29 is 34.4 Å². The minimum Gasteiger partial charge on any atom is -0.475 e. The highest BCUT2D eigenvalue weighted by atomic mass is 79.9. The summed E-state index contributed by atoms with van der Waals surface area (Å²) in [5.41, 5.74) is 2.56. The van der Waals surface area contributed by atoms with E-state index in [9.17, 15) is 24.5 Å². The number of carboxylic acids is 1. The Morgan fingerprint density at radius 1 is 1.06 bits per heavy atom. The van der Waals surface area contributed by atoms with E-state index in [4.69, 9.17) is 5.11 Å². The number of hydrogen-bond acceptors (Lipinski definition) is 7. The third kappa shape index (κ3) is 9.38. The van der Waals surface area contributed by atoms with Crippen LogP contribution in [-0.4, -0.2) is 59.3 Å². The Hall–Kier alpha value is -2.53. The molecule has 10 heteroatoms. The highest BCUT2D eigenvalue weighted by molar-refractivity contribution is 9.09. The van der Waals surface area contributed by atoms with Gasteiger partial charge in [-0.1, -0.05) is 63.0 Å². The van der Waals surface area contributed by atoms with E-state index in [-0.39, 0.29) is 18.5 Å². The number of halogens is 1. The van der Waals surface area contributed by atoms with Gasteiger partial charge in [-0.3, -0.25) is 9.59 Å². The van der Waals surface area contributed by atoms with E-state index in [1.807, 2.05) is 51.1 Å². The number of hydrogen-bond donors (Lipinski definition) is 4. The summed E-state index contributed by atoms with van der Waals surface area (Å²) in [5, 5.41) is 31.4. The number of carbonyl (C=O) groups excluding carboxylic acids is 2. The van der Waals surface area contributed by atoms with Gasteiger partial charge in [0.1, 0.15) is 5.60 Å². The molecule has 2 rings (SSSR count). The molecule has 2 unspecified atom stereocenters. The number of alkyl halides is 1. The van der Waals surface area contributed by atoms with E-state index >= 15 is 0 Å². The molecular weight excluding hydrogens is 505 g/mol. The van der Waals surface area contributed by atoms with E-state index in [1.54, 1.807) is 19.0 Å². The zero-order valence-electron chi connectivity index (χ0n) is 20.0. The standard InChI is InChI=1S/C14H21BBrNO4.C10H10O3/c1-10-4-6-11(7-5-10)13(16)14(19,8-12(18)21-3)9-17-15(2)20;1-6-3-7(2)5-8(4-6)9(11)10(12)13/h4-7,13,17,19-20H,8-9H2,1-3H3;3-5H,1-2H3,(H,12,13). The number of esters is 1. The van der Waals surface area contributed by atoms with Crippen LogP contribution in [0.1, 0.15) is 43.9 Å². The van der Waals surface area contributed by atoms with Crippen molar-refractivity contribution in [1.29, 1.82) is 0 Å². The molecular formula is C24H31BBrNO7. The predicted octanol–water partition coefficient (Wildman–Crippen LogP) is 3.00. The first-order valence-corrected chi connectivity index (χ1v) is 11.5. The summed E-state index contributed by atoms with van der Waals surface area (Å²) in [7, 11) is 0.492. The summed E-state index contributed by atoms with van der Waals surface area (Å²) in [6, 6.07) is 12.7. The minimum atomic E-state index is -1.42. The van der Waals surface area contributed by atoms with Gasteiger partial charge in [-0.05, 0) is 45.3 Å². The lowest BCUT2D eigenvalue weighted by Gasteiger charge is -2.33. The third-order valence-corrected chi connectivity index (χ3v) is 6.28. The minimum absolute atomic E-state index is 0.0452. The van der Waals surface area contributed by atoms with Crippen molar-refractivity contribution in [3.63, 3.8) is 0 Å². The fraction of sp³-hybridized carbons (Fsp3) is 0.375. The van der Waals surface area contributed by atoms with Crippen molar-refractivity contribution in [2.24, 2.45) is 0 Å². The first kappa shape index (κ1) is 29.5. The molecule has 0 heterocycles. The smallest absolute Gasteiger partial charge is 0.377 e. The molecule has 4 N–H and O–H groups in total. The van der Waals surface area contributed by atoms with E-state index in [0.29, 0.717) is 0 Å². The van der Waals surface area contributed by atoms with E-state index < -0.39 is 35.2 Å². The number of aryl methyl sites for hydroxylation is 3. The van der Waals surface area contributed by atoms with E-state index in [0.717, 1.165) is 22.3 Å². The number of aliphatic hydroxyl groups is 1. The fourth-order valence-corrected chi connectivity index (χ4v) is 3.79. The molecule has 8 nitrogen and oxygen atoms in total. The maximum Gasteiger partial charge on any atom is 0.377 e. The van der Waals surface area contributed by atoms with Gasteiger partial charge in [-0.2, -0.15) is 0 Å². The number of ether oxygens (including phenoxy) is 1. The average Bonchev–Trinajstić information content (AvgIpc) is 2.76. The summed E-state index contributed by atoms with van der Waals surface area (Å²) < 4.78 is 4.65. The Bertz CT molecular complexity index is 977. The number of nitrogens with one attached hydrogen (secondary N) is 1. The summed E-state index contributed by atoms with van der Waals surface area (Å²) in [6.45, 7) is 7.22. The lowest BCUT2D eigenvalue weighted by Crippen LogP contribution is -2.49. The van der Waals surface area contributed by atoms with Gasteiger partial charge >= 0.3 is 19.0 Å². The average molecular weight is 536 g/mol. The molecule has 2 atom stereocenters. The zero-order chi connectivity index (χ0) is 26.1. The highest BCUT2D eigenvalue weighted by Crippen LogP contribution is 2.36. The van der Waals surface area contributed by atoms with Crippen LogP contribution in [0.25, 0.3) is 0 Å². The molecule has 2 aromatic carbocycles. The number of ketones is 1. The Labute approximate surface area is 208 Å². The number of rotatable bonds is 9. The summed E-state index contributed by atoms with van der Waals surface area (Å²) in [4.78, 5) is 32.5. The van der Waals surface area contributed by atoms with Crippen LogP contribution in [-0.2, 0) is 14.3 Å². The van der Waals surface area contributed by atoms with Crippen molar-refractivity contribution in [2.75, 3.05) is 13.7 Å². The molecule has 0 aliphatic heterocycles. The normalized spacial score (nSPS) is 13.1. The third-order valence-electron chi connectivity index (χ3n) is 4.90. The molecule has 0 spiro atoms. The van der Waals surface area contributed by atoms with Crippen molar-refractivity contribution in [2.45, 2.75) is 44.4 Å². The molecule has 0 bridgehead atoms. The van der Waals surface area contributed by atoms with E-state index in [2.05, 4.69) is 25.9 Å². The van der Waals surface area contributed by atoms with Gasteiger partial charge in [-0.15, -0.1) is 0 Å². The summed E-state index contributed by atoms with van der Waals surface area (Å²) >= 11 is 3.46. The first-order chi connectivity index (χ1) is 15.8. The number of benzene rings is 2. The van der Waals surface area contributed by atoms with Gasteiger partial charge in [0.15, 0.2) is 0 Å². The molecule has 2 aromatic rings. The van der Waals surface area contributed by atoms with Crippen molar-refractivity contribution in [1.82, 2.24) is 5.23 Å². The molecule has 0 aromatic heterocycles. The van der Waals surface area contributed by atoms with Crippen LogP contribution < -0.4 is 5.23 Å². The second kappa shape index (κ2) is 13.4. The lowest BCUT2D eigenvalue weighted by atomic mass is 9.84. The number of methoxy groups -OCH3 is 1. The second-order valence-electron chi connectivity index (χ2n) is 8.20. The van der Waals surface area contributed by atoms with E-state index in [1.165, 1.54) is 7.11 Å². The number of carboxylic acid groups (broad SMARTS) is 1. The van der Waals surface area contributed by atoms with Gasteiger partial charge in [0.05, 0.1) is 18.4 Å². The molecule has 0 amide bonds. The monoisotopic (exact) mass is 535 g/mol. The Kier molecular flexibility index (Phi) is 11.6. The molecule has 0 fully saturated rings. The molecule has 0 saturated carbocycles. The molecule has 0 aliphatic rings. The molecule has 0 radical (unpaired) electrons. The Morgan fingerprint density at radius 2 is 1.59 bits per heavy atom. The summed E-state index contributed by atoms with van der Waals surface area (Å²) in [6.07, 6.45) is -0.187. The largest absolute Gasteiger partial charge is 0.475 e. The van der Waals surface area contributed by atoms with Crippen molar-refractivity contribution in [3.8, 4) is 0 Å². The number of Topliss-reactive ketones (excluding diaryl/α,β-unsaturated/α-hetero) is 1. The predicted molar refractivity (Wildman–Crippen MR) is 134 cm³/mol. The Balaban J connectivity index is 0.000000380. The molecule has 34 heavy (non-hydrogen) atoms. The highest BCUT2D eigenvalue weighted by Gasteiger charge is 2.39. The van der Waals surface area contributed by atoms with Gasteiger partial charge in [0, 0.05) is 12.1 Å². The van der Waals surface area contributed by atoms with Crippen LogP contribution in [0.4, 0.5) is 0 Å². The summed E-state index contributed by atoms with van der Waals surface area (Å²) in [5.74, 6) is -2.78. The second-order valence-corrected chi connectivity index (χ2v) is 9.11. The quantitative estimate of drug-likeness (QED) is 0.127. The van der Waals surface area contributed by atoms with Gasteiger partial charge in [0.2, 0.25) is 0 Å². The van der Waals surface area contributed by atoms with Crippen LogP contribution >= 0.6 is 15.9 Å². The van der Waals surface area contributed by atoms with Gasteiger partial charge < -0.3 is 25.2 Å². The molecule has 184 valence electrons. The fourth-order valence-electron chi connectivity index (χ4n) is 3.16. The SMILES string of the molecule is COC(=O)CC(O)(CNB(C)O)C(Br)c1ccc(C)cc1.Cc1cc(C)cc(C(=O)C(=O)O)c1. The van der Waals surface area contributed by atoms with Crippen LogP contribution in [0, 0.1) is 20.8 Å². The van der Waals surface area contributed by atoms with Gasteiger partial charge in [0.25, 0.3) is 5.78 Å². The zero-order valence-corrected chi connectivity index (χ0v) is 21.5. The lowest BCUT2D eigenvalue weighted by molar-refractivity contribution is -0.146. The van der Waals surface area contributed by atoms with Crippen molar-refractivity contribution in [3.05, 3.63) is 70.3 Å². The van der Waals surface area contributed by atoms with Crippen LogP contribution in [0.2, 0.25) is 6.82 Å². The number of aliphatic carboxylic acids is 1. The van der Waals surface area contributed by atoms with Gasteiger partial charge in [-0.25, -0.2) is 4.79 Å². The number of carbonyl (C=O) groups is 3. The van der Waals surface area contributed by atoms with Crippen LogP contribution in [0.5, 0.6) is 0 Å². The Morgan fingerprint density at radius 3 is 2.03 bits per heavy atom. The van der Waals surface area contributed by atoms with Crippen LogP contribution in [0.3, 0.4) is 0 Å². The van der Waals surface area contributed by atoms with Crippen molar-refractivity contribution >= 4 is 40.7 Å². The maximum atomic E-state index is 11.6. The topological polar surface area (TPSA) is 133 Å². The maximum absolute atomic E-state index is 11.6.